The maximum atomic E-state index is 13.1. The number of alkyl halides is 1. The van der Waals surface area contributed by atoms with E-state index >= 15 is 0 Å². The number of nitrogens with one attached hydrogen (secondary N) is 1. The van der Waals surface area contributed by atoms with Crippen LogP contribution in [0.3, 0.4) is 0 Å². The smallest absolute Gasteiger partial charge is 0.322 e. The number of likely N-dealkylation sites (tertiary alicyclic amines) is 2. The number of urea groups is 1. The van der Waals surface area contributed by atoms with E-state index in [4.69, 9.17) is 22.1 Å². The first-order valence-electron chi connectivity index (χ1n) is 10.7. The van der Waals surface area contributed by atoms with Crippen molar-refractivity contribution < 1.29 is 19.7 Å². The van der Waals surface area contributed by atoms with Gasteiger partial charge < -0.3 is 30.9 Å². The van der Waals surface area contributed by atoms with Crippen LogP contribution in [0.25, 0.3) is 0 Å². The molecule has 0 saturated carbocycles. The molecule has 5 N–H and O–H groups in total. The molecular weight excluding hydrogens is 484 g/mol. The van der Waals surface area contributed by atoms with Crippen molar-refractivity contribution >= 4 is 41.2 Å². The molecule has 2 amide bonds. The summed E-state index contributed by atoms with van der Waals surface area (Å²) in [7, 11) is 1.46. The Morgan fingerprint density at radius 2 is 2.21 bits per heavy atom. The molecule has 0 aromatic heterocycles. The van der Waals surface area contributed by atoms with E-state index < -0.39 is 6.41 Å². The molecule has 33 heavy (non-hydrogen) atoms. The fraction of sp³-hybridized carbons (Fsp3) is 0.591. The molecule has 0 aliphatic carbocycles. The van der Waals surface area contributed by atoms with Crippen LogP contribution in [0.5, 0.6) is 0 Å². The van der Waals surface area contributed by atoms with Gasteiger partial charge in [-0.25, -0.2) is 4.79 Å². The Morgan fingerprint density at radius 3 is 2.82 bits per heavy atom. The number of rotatable bonds is 11. The quantitative estimate of drug-likeness (QED) is 0.188. The fourth-order valence-electron chi connectivity index (χ4n) is 4.03. The second-order valence-electron chi connectivity index (χ2n) is 8.20. The molecule has 2 heterocycles. The first kappa shape index (κ1) is 28.1. The highest BCUT2D eigenvalue weighted by molar-refractivity contribution is 8.24. The van der Waals surface area contributed by atoms with Crippen molar-refractivity contribution in [3.8, 4) is 0 Å². The van der Waals surface area contributed by atoms with E-state index in [9.17, 15) is 15.0 Å². The van der Waals surface area contributed by atoms with Crippen LogP contribution >= 0.6 is 35.1 Å². The van der Waals surface area contributed by atoms with Crippen LogP contribution in [-0.2, 0) is 4.74 Å². The van der Waals surface area contributed by atoms with Crippen molar-refractivity contribution in [3.63, 3.8) is 0 Å². The van der Waals surface area contributed by atoms with Gasteiger partial charge in [-0.2, -0.15) is 0 Å². The van der Waals surface area contributed by atoms with Crippen LogP contribution in [0.2, 0.25) is 0 Å². The summed E-state index contributed by atoms with van der Waals surface area (Å²) in [5, 5.41) is 22.5. The third kappa shape index (κ3) is 7.68. The van der Waals surface area contributed by atoms with Crippen molar-refractivity contribution in [2.45, 2.75) is 36.8 Å². The third-order valence-corrected chi connectivity index (χ3v) is 8.13. The lowest BCUT2D eigenvalue weighted by atomic mass is 9.81. The van der Waals surface area contributed by atoms with Crippen LogP contribution < -0.4 is 11.1 Å². The minimum atomic E-state index is -0.982. The summed E-state index contributed by atoms with van der Waals surface area (Å²) in [5.41, 5.74) is 6.47. The number of hydrogen-bond donors (Lipinski definition) is 4. The van der Waals surface area contributed by atoms with Crippen molar-refractivity contribution in [2.24, 2.45) is 11.1 Å². The zero-order chi connectivity index (χ0) is 24.6. The third-order valence-electron chi connectivity index (χ3n) is 5.68. The van der Waals surface area contributed by atoms with Crippen LogP contribution in [-0.4, -0.2) is 83.0 Å². The molecule has 11 heteroatoms. The standard InChI is InChI=1S/C22H35ClN4O4S2/c1-5-6-18(23)9-17-11-27(14-22(17)7-8-26(13-22)21(30)31-4)20(29)25-16(3)33-19(10-24)32-15(2)12-28/h5,9-10,15,18,21,28,30H,1,3,6-8,11-14,24H2,2,4H3,(H,25,29)/b17-9+,19-10-/t15?,18-,21?,22?/m1/s1. The number of aliphatic hydroxyl groups excluding tert-OH is 2. The summed E-state index contributed by atoms with van der Waals surface area (Å²) in [5.74, 6) is 0. The number of nitrogens with zero attached hydrogens (tertiary/aromatic N) is 2. The second kappa shape index (κ2) is 13.1. The van der Waals surface area contributed by atoms with E-state index in [0.717, 1.165) is 16.2 Å². The van der Waals surface area contributed by atoms with Crippen molar-refractivity contribution in [1.82, 2.24) is 15.1 Å². The average molecular weight is 519 g/mol. The Labute approximate surface area is 209 Å². The van der Waals surface area contributed by atoms with Gasteiger partial charge in [0.15, 0.2) is 0 Å². The largest absolute Gasteiger partial charge is 0.403 e. The highest BCUT2D eigenvalue weighted by atomic mass is 35.5. The van der Waals surface area contributed by atoms with Gasteiger partial charge in [-0.3, -0.25) is 4.90 Å². The maximum absolute atomic E-state index is 13.1. The monoisotopic (exact) mass is 518 g/mol. The van der Waals surface area contributed by atoms with E-state index in [1.54, 1.807) is 11.0 Å². The van der Waals surface area contributed by atoms with Gasteiger partial charge in [-0.05, 0) is 18.4 Å². The molecule has 2 aliphatic rings. The summed E-state index contributed by atoms with van der Waals surface area (Å²) in [6.07, 6.45) is 5.67. The number of ether oxygens (including phenoxy) is 1. The summed E-state index contributed by atoms with van der Waals surface area (Å²) in [6.45, 7) is 11.8. The van der Waals surface area contributed by atoms with Crippen LogP contribution in [0.4, 0.5) is 4.79 Å². The zero-order valence-electron chi connectivity index (χ0n) is 19.2. The van der Waals surface area contributed by atoms with Gasteiger partial charge in [0, 0.05) is 50.2 Å². The first-order valence-corrected chi connectivity index (χ1v) is 12.8. The number of carbonyl (C=O) groups is 1. The molecule has 4 atom stereocenters. The summed E-state index contributed by atoms with van der Waals surface area (Å²) in [6, 6.07) is -0.257. The van der Waals surface area contributed by atoms with E-state index in [2.05, 4.69) is 18.5 Å². The number of thioether (sulfide) groups is 2. The molecule has 2 saturated heterocycles. The van der Waals surface area contributed by atoms with Gasteiger partial charge in [-0.1, -0.05) is 37.4 Å². The molecule has 2 rings (SSSR count). The highest BCUT2D eigenvalue weighted by Crippen LogP contribution is 2.44. The molecule has 0 bridgehead atoms. The molecule has 1 spiro atoms. The van der Waals surface area contributed by atoms with Gasteiger partial charge in [0.05, 0.1) is 21.3 Å². The predicted octanol–water partition coefficient (Wildman–Crippen LogP) is 2.81. The van der Waals surface area contributed by atoms with E-state index in [-0.39, 0.29) is 28.7 Å². The van der Waals surface area contributed by atoms with E-state index in [1.807, 2.05) is 17.9 Å². The summed E-state index contributed by atoms with van der Waals surface area (Å²) in [4.78, 5) is 16.7. The highest BCUT2D eigenvalue weighted by Gasteiger charge is 2.49. The van der Waals surface area contributed by atoms with Gasteiger partial charge in [0.1, 0.15) is 0 Å². The Bertz CT molecular complexity index is 781. The number of nitrogens with two attached hydrogens (primary N) is 1. The van der Waals surface area contributed by atoms with Crippen molar-refractivity contribution in [1.29, 1.82) is 0 Å². The first-order chi connectivity index (χ1) is 15.7. The lowest BCUT2D eigenvalue weighted by molar-refractivity contribution is -0.170. The molecule has 0 aromatic carbocycles. The second-order valence-corrected chi connectivity index (χ2v) is 11.6. The summed E-state index contributed by atoms with van der Waals surface area (Å²) >= 11 is 9.15. The number of allylic oxidation sites excluding steroid dienone is 2. The van der Waals surface area contributed by atoms with Gasteiger partial charge in [-0.15, -0.1) is 29.9 Å². The minimum Gasteiger partial charge on any atom is -0.403 e. The van der Waals surface area contributed by atoms with E-state index in [1.165, 1.54) is 36.8 Å². The Balaban J connectivity index is 2.10. The Morgan fingerprint density at radius 1 is 1.48 bits per heavy atom. The number of halogens is 1. The number of carbonyl (C=O) groups excluding carboxylic acids is 1. The number of hydrogen-bond acceptors (Lipinski definition) is 8. The average Bonchev–Trinajstić information content (AvgIpc) is 3.37. The zero-order valence-corrected chi connectivity index (χ0v) is 21.6. The minimum absolute atomic E-state index is 0.0197. The number of amides is 2. The van der Waals surface area contributed by atoms with Crippen LogP contribution in [0.1, 0.15) is 19.8 Å². The van der Waals surface area contributed by atoms with E-state index in [0.29, 0.717) is 37.6 Å². The van der Waals surface area contributed by atoms with Gasteiger partial charge in [0.2, 0.25) is 6.41 Å². The molecule has 8 nitrogen and oxygen atoms in total. The molecule has 0 aromatic rings. The lowest BCUT2D eigenvalue weighted by Gasteiger charge is -2.28. The van der Waals surface area contributed by atoms with Gasteiger partial charge >= 0.3 is 6.03 Å². The summed E-state index contributed by atoms with van der Waals surface area (Å²) < 4.78 is 5.83. The van der Waals surface area contributed by atoms with Crippen molar-refractivity contribution in [2.75, 3.05) is 39.9 Å². The molecule has 0 radical (unpaired) electrons. The fourth-order valence-corrected chi connectivity index (χ4v) is 6.29. The molecule has 3 unspecified atom stereocenters. The normalized spacial score (nSPS) is 25.4. The topological polar surface area (TPSA) is 111 Å². The van der Waals surface area contributed by atoms with Crippen LogP contribution in [0, 0.1) is 5.41 Å². The Kier molecular flexibility index (Phi) is 11.1. The Hall–Kier alpha value is -1.14. The number of aliphatic hydroxyl groups is 2. The van der Waals surface area contributed by atoms with Gasteiger partial charge in [0.25, 0.3) is 0 Å². The molecule has 2 fully saturated rings. The maximum Gasteiger partial charge on any atom is 0.322 e. The molecular formula is C22H35ClN4O4S2. The molecule has 2 aliphatic heterocycles. The SMILES string of the molecule is C=CC[C@@H](Cl)/C=C1\CN(C(=O)NC(=C)S/C(=C\N)SC(C)CO)CC12CCN(C(O)OC)C2. The molecule has 186 valence electrons. The van der Waals surface area contributed by atoms with Crippen molar-refractivity contribution in [3.05, 3.63) is 46.3 Å². The number of methoxy groups -OCH3 is 1. The van der Waals surface area contributed by atoms with Crippen LogP contribution in [0.15, 0.2) is 46.3 Å². The predicted molar refractivity (Wildman–Crippen MR) is 137 cm³/mol. The lowest BCUT2D eigenvalue weighted by Crippen LogP contribution is -2.41.